The summed E-state index contributed by atoms with van der Waals surface area (Å²) in [6, 6.07) is 0. The van der Waals surface area contributed by atoms with Crippen LogP contribution in [-0.4, -0.2) is 34.7 Å². The summed E-state index contributed by atoms with van der Waals surface area (Å²) in [6.07, 6.45) is 0. The molecule has 0 bridgehead atoms. The van der Waals surface area contributed by atoms with Gasteiger partial charge in [-0.15, -0.1) is 23.2 Å². The minimum absolute atomic E-state index is 0.878. The normalized spacial score (nSPS) is 18.0. The second-order valence-electron chi connectivity index (χ2n) is 3.73. The van der Waals surface area contributed by atoms with E-state index >= 15 is 0 Å². The summed E-state index contributed by atoms with van der Waals surface area (Å²) in [5.41, 5.74) is 1.77. The van der Waals surface area contributed by atoms with Crippen LogP contribution < -0.4 is 0 Å². The monoisotopic (exact) mass is 242 g/mol. The van der Waals surface area contributed by atoms with Crippen LogP contribution in [0.5, 0.6) is 0 Å². The van der Waals surface area contributed by atoms with Crippen molar-refractivity contribution in [1.82, 2.24) is 0 Å². The highest BCUT2D eigenvalue weighted by Crippen LogP contribution is 2.20. The quantitative estimate of drug-likeness (QED) is 0.526. The average molecular weight is 243 g/mol. The maximum absolute atomic E-state index is 6.02. The summed E-state index contributed by atoms with van der Waals surface area (Å²) in [6.45, 7) is 9.46. The third-order valence-electron chi connectivity index (χ3n) is 2.65. The lowest BCUT2D eigenvalue weighted by molar-refractivity contribution is 1.72. The SMILES string of the molecule is C[Si][Si](C)(CCl)[Si](C)(C)CCl. The van der Waals surface area contributed by atoms with E-state index in [1.807, 2.05) is 0 Å². The Morgan fingerprint density at radius 2 is 1.55 bits per heavy atom. The molecule has 0 N–H and O–H groups in total. The highest BCUT2D eigenvalue weighted by Gasteiger charge is 2.42. The van der Waals surface area contributed by atoms with Crippen LogP contribution in [0, 0.1) is 0 Å². The van der Waals surface area contributed by atoms with Crippen molar-refractivity contribution < 1.29 is 0 Å². The molecule has 0 saturated heterocycles. The van der Waals surface area contributed by atoms with Crippen molar-refractivity contribution in [2.45, 2.75) is 26.2 Å². The number of halogens is 2. The average Bonchev–Trinajstić information content (AvgIpc) is 2.02. The van der Waals surface area contributed by atoms with Crippen molar-refractivity contribution in [2.75, 3.05) is 11.0 Å². The molecule has 0 aromatic carbocycles. The summed E-state index contributed by atoms with van der Waals surface area (Å²) >= 11 is 12.0. The highest BCUT2D eigenvalue weighted by molar-refractivity contribution is 7.62. The lowest BCUT2D eigenvalue weighted by Gasteiger charge is -2.37. The van der Waals surface area contributed by atoms with Crippen LogP contribution in [0.15, 0.2) is 0 Å². The molecule has 0 rings (SSSR count). The lowest BCUT2D eigenvalue weighted by atomic mass is 11.8. The first-order chi connectivity index (χ1) is 4.93. The first-order valence-corrected chi connectivity index (χ1v) is 14.2. The van der Waals surface area contributed by atoms with Crippen LogP contribution in [0.3, 0.4) is 0 Å². The third kappa shape index (κ3) is 2.59. The van der Waals surface area contributed by atoms with Crippen molar-refractivity contribution in [3.63, 3.8) is 0 Å². The van der Waals surface area contributed by atoms with Gasteiger partial charge in [-0.1, -0.05) is 26.2 Å². The summed E-state index contributed by atoms with van der Waals surface area (Å²) in [4.78, 5) is 0. The molecule has 11 heavy (non-hydrogen) atoms. The highest BCUT2D eigenvalue weighted by atomic mass is 35.5. The molecule has 0 heterocycles. The number of hydrogen-bond acceptors (Lipinski definition) is 0. The van der Waals surface area contributed by atoms with Crippen LogP contribution in [0.25, 0.3) is 0 Å². The van der Waals surface area contributed by atoms with E-state index < -0.39 is 14.7 Å². The molecule has 0 aromatic rings. The fraction of sp³-hybridized carbons (Fsp3) is 1.00. The van der Waals surface area contributed by atoms with Crippen molar-refractivity contribution in [2.24, 2.45) is 0 Å². The van der Waals surface area contributed by atoms with Gasteiger partial charge in [-0.05, 0) is 0 Å². The maximum atomic E-state index is 6.02. The smallest absolute Gasteiger partial charge is 0.0566 e. The van der Waals surface area contributed by atoms with E-state index in [1.54, 1.807) is 0 Å². The first-order valence-electron chi connectivity index (χ1n) is 3.74. The van der Waals surface area contributed by atoms with Gasteiger partial charge < -0.3 is 0 Å². The molecule has 1 unspecified atom stereocenters. The van der Waals surface area contributed by atoms with Crippen molar-refractivity contribution in [3.05, 3.63) is 0 Å². The Kier molecular flexibility index (Phi) is 4.96. The van der Waals surface area contributed by atoms with Crippen molar-refractivity contribution in [1.29, 1.82) is 0 Å². The topological polar surface area (TPSA) is 0 Å². The predicted octanol–water partition coefficient (Wildman–Crippen LogP) is 2.66. The predicted molar refractivity (Wildman–Crippen MR) is 62.2 cm³/mol. The molecule has 0 spiro atoms. The zero-order valence-electron chi connectivity index (χ0n) is 7.67. The number of alkyl halides is 2. The van der Waals surface area contributed by atoms with E-state index in [0.717, 1.165) is 20.0 Å². The van der Waals surface area contributed by atoms with Crippen LogP contribution in [0.2, 0.25) is 26.2 Å². The van der Waals surface area contributed by atoms with Gasteiger partial charge in [0, 0.05) is 20.0 Å². The molecule has 0 aliphatic rings. The van der Waals surface area contributed by atoms with Gasteiger partial charge in [-0.2, -0.15) is 0 Å². The maximum Gasteiger partial charge on any atom is 0.0566 e. The van der Waals surface area contributed by atoms with E-state index in [1.165, 1.54) is 0 Å². The van der Waals surface area contributed by atoms with E-state index in [2.05, 4.69) is 26.2 Å². The minimum Gasteiger partial charge on any atom is -0.131 e. The molecule has 0 fully saturated rings. The molecular formula is C6H16Cl2Si3. The molecular weight excluding hydrogens is 227 g/mol. The van der Waals surface area contributed by atoms with Gasteiger partial charge >= 0.3 is 0 Å². The zero-order chi connectivity index (χ0) is 9.12. The summed E-state index contributed by atoms with van der Waals surface area (Å²) in [7, 11) is -1.23. The Balaban J connectivity index is 4.47. The van der Waals surface area contributed by atoms with Gasteiger partial charge in [0.15, 0.2) is 0 Å². The summed E-state index contributed by atoms with van der Waals surface area (Å²) < 4.78 is 0. The Hall–Kier alpha value is 1.23. The molecule has 1 atom stereocenters. The fourth-order valence-electron chi connectivity index (χ4n) is 0.734. The van der Waals surface area contributed by atoms with E-state index in [-0.39, 0.29) is 0 Å². The standard InChI is InChI=1S/C6H16Cl2Si3/c1-9-11(4,6-8)10(2,3)5-7/h5-6H2,1-4H3. The Bertz CT molecular complexity index is 123. The molecule has 0 nitrogen and oxygen atoms in total. The Morgan fingerprint density at radius 3 is 1.64 bits per heavy atom. The molecule has 2 radical (unpaired) electrons. The van der Waals surface area contributed by atoms with Gasteiger partial charge in [0.05, 0.1) is 14.7 Å². The summed E-state index contributed by atoms with van der Waals surface area (Å²) in [5.74, 6) is 0. The zero-order valence-corrected chi connectivity index (χ0v) is 12.2. The van der Waals surface area contributed by atoms with Gasteiger partial charge in [0.25, 0.3) is 0 Å². The summed E-state index contributed by atoms with van der Waals surface area (Å²) in [5, 5.41) is 0. The number of hydrogen-bond donors (Lipinski definition) is 0. The molecule has 0 amide bonds. The molecule has 66 valence electrons. The van der Waals surface area contributed by atoms with E-state index in [4.69, 9.17) is 23.2 Å². The van der Waals surface area contributed by atoms with Crippen molar-refractivity contribution >= 4 is 46.9 Å². The van der Waals surface area contributed by atoms with Gasteiger partial charge in [0.2, 0.25) is 0 Å². The van der Waals surface area contributed by atoms with Crippen LogP contribution in [0.1, 0.15) is 0 Å². The Morgan fingerprint density at radius 1 is 1.09 bits per heavy atom. The second kappa shape index (κ2) is 4.46. The lowest BCUT2D eigenvalue weighted by Crippen LogP contribution is -2.64. The molecule has 5 heteroatoms. The van der Waals surface area contributed by atoms with Crippen LogP contribution in [-0.2, 0) is 0 Å². The fourth-order valence-corrected chi connectivity index (χ4v) is 21.6. The molecule has 0 saturated carbocycles. The van der Waals surface area contributed by atoms with Gasteiger partial charge in [0.1, 0.15) is 0 Å². The second-order valence-corrected chi connectivity index (χ2v) is 26.5. The van der Waals surface area contributed by atoms with Gasteiger partial charge in [-0.3, -0.25) is 0 Å². The largest absolute Gasteiger partial charge is 0.131 e. The first kappa shape index (κ1) is 12.2. The molecule has 0 aromatic heterocycles. The van der Waals surface area contributed by atoms with Crippen molar-refractivity contribution in [3.8, 4) is 0 Å². The third-order valence-corrected chi connectivity index (χ3v) is 35.8. The van der Waals surface area contributed by atoms with E-state index in [9.17, 15) is 0 Å². The van der Waals surface area contributed by atoms with Crippen LogP contribution >= 0.6 is 23.2 Å². The molecule has 0 aliphatic heterocycles. The van der Waals surface area contributed by atoms with E-state index in [0.29, 0.717) is 0 Å². The van der Waals surface area contributed by atoms with Gasteiger partial charge in [-0.25, -0.2) is 0 Å². The van der Waals surface area contributed by atoms with Crippen LogP contribution in [0.4, 0.5) is 0 Å². The number of rotatable bonds is 4. The minimum atomic E-state index is -1.15. The Labute approximate surface area is 84.1 Å². The molecule has 0 aliphatic carbocycles.